The largest absolute Gasteiger partial charge is 0.497 e. The predicted octanol–water partition coefficient (Wildman–Crippen LogP) is 5.26. The molecule has 0 aliphatic carbocycles. The van der Waals surface area contributed by atoms with Crippen LogP contribution in [0.5, 0.6) is 5.75 Å². The first-order chi connectivity index (χ1) is 15.1. The van der Waals surface area contributed by atoms with E-state index >= 15 is 0 Å². The van der Waals surface area contributed by atoms with Crippen LogP contribution in [0.3, 0.4) is 0 Å². The molecule has 0 bridgehead atoms. The van der Waals surface area contributed by atoms with Crippen LogP contribution in [-0.2, 0) is 10.0 Å². The van der Waals surface area contributed by atoms with E-state index in [1.165, 1.54) is 18.2 Å². The van der Waals surface area contributed by atoms with Crippen LogP contribution in [0.1, 0.15) is 40.0 Å². The van der Waals surface area contributed by atoms with Gasteiger partial charge in [-0.15, -0.1) is 0 Å². The lowest BCUT2D eigenvalue weighted by Gasteiger charge is -2.16. The SMILES string of the molecule is COc1ccc([C@H](C)NC(=O)c2ccc(Cl)c(S(=O)(=O)Nc3ccc(C)c(C)c3)c2)cc1. The fraction of sp³-hybridized carbons (Fsp3) is 0.208. The van der Waals surface area contributed by atoms with Gasteiger partial charge in [-0.1, -0.05) is 29.8 Å². The number of hydrogen-bond donors (Lipinski definition) is 2. The average Bonchev–Trinajstić information content (AvgIpc) is 2.76. The van der Waals surface area contributed by atoms with E-state index < -0.39 is 15.9 Å². The van der Waals surface area contributed by atoms with E-state index in [4.69, 9.17) is 16.3 Å². The molecule has 8 heteroatoms. The summed E-state index contributed by atoms with van der Waals surface area (Å²) in [6.07, 6.45) is 0. The third kappa shape index (κ3) is 5.41. The summed E-state index contributed by atoms with van der Waals surface area (Å²) in [5.74, 6) is 0.309. The number of methoxy groups -OCH3 is 1. The number of nitrogens with one attached hydrogen (secondary N) is 2. The molecule has 0 aliphatic rings. The summed E-state index contributed by atoms with van der Waals surface area (Å²) in [7, 11) is -2.41. The molecule has 0 heterocycles. The number of aryl methyl sites for hydroxylation is 2. The minimum absolute atomic E-state index is 0.0288. The van der Waals surface area contributed by atoms with Gasteiger partial charge in [-0.25, -0.2) is 8.42 Å². The highest BCUT2D eigenvalue weighted by atomic mass is 35.5. The fourth-order valence-corrected chi connectivity index (χ4v) is 4.70. The van der Waals surface area contributed by atoms with Crippen molar-refractivity contribution in [2.24, 2.45) is 0 Å². The number of amides is 1. The molecule has 6 nitrogen and oxygen atoms in total. The Hall–Kier alpha value is -3.03. The average molecular weight is 473 g/mol. The third-order valence-electron chi connectivity index (χ3n) is 5.21. The zero-order valence-electron chi connectivity index (χ0n) is 18.3. The Morgan fingerprint density at radius 3 is 2.28 bits per heavy atom. The Labute approximate surface area is 193 Å². The van der Waals surface area contributed by atoms with Crippen molar-refractivity contribution in [1.29, 1.82) is 0 Å². The smallest absolute Gasteiger partial charge is 0.263 e. The Morgan fingerprint density at radius 2 is 1.66 bits per heavy atom. The molecule has 0 saturated heterocycles. The molecule has 32 heavy (non-hydrogen) atoms. The van der Waals surface area contributed by atoms with Crippen LogP contribution >= 0.6 is 11.6 Å². The molecule has 0 fully saturated rings. The van der Waals surface area contributed by atoms with Gasteiger partial charge in [0.2, 0.25) is 0 Å². The van der Waals surface area contributed by atoms with Gasteiger partial charge < -0.3 is 10.1 Å². The highest BCUT2D eigenvalue weighted by Crippen LogP contribution is 2.26. The zero-order chi connectivity index (χ0) is 23.5. The Balaban J connectivity index is 1.81. The molecule has 0 aliphatic heterocycles. The molecule has 0 radical (unpaired) electrons. The van der Waals surface area contributed by atoms with Gasteiger partial charge in [0, 0.05) is 11.3 Å². The van der Waals surface area contributed by atoms with E-state index in [-0.39, 0.29) is 21.5 Å². The van der Waals surface area contributed by atoms with Crippen molar-refractivity contribution < 1.29 is 17.9 Å². The molecule has 1 amide bonds. The molecule has 3 aromatic carbocycles. The van der Waals surface area contributed by atoms with E-state index in [1.807, 2.05) is 51.1 Å². The van der Waals surface area contributed by atoms with Crippen LogP contribution in [0, 0.1) is 13.8 Å². The van der Waals surface area contributed by atoms with Crippen LogP contribution in [-0.4, -0.2) is 21.4 Å². The topological polar surface area (TPSA) is 84.5 Å². The molecule has 0 spiro atoms. The highest BCUT2D eigenvalue weighted by Gasteiger charge is 2.21. The van der Waals surface area contributed by atoms with Crippen molar-refractivity contribution in [3.05, 3.63) is 87.9 Å². The number of benzene rings is 3. The number of hydrogen-bond acceptors (Lipinski definition) is 4. The quantitative estimate of drug-likeness (QED) is 0.491. The molecule has 168 valence electrons. The first kappa shape index (κ1) is 23.6. The van der Waals surface area contributed by atoms with Gasteiger partial charge in [0.15, 0.2) is 0 Å². The van der Waals surface area contributed by atoms with Crippen molar-refractivity contribution in [3.63, 3.8) is 0 Å². The molecule has 0 unspecified atom stereocenters. The number of halogens is 1. The molecule has 0 saturated carbocycles. The Kier molecular flexibility index (Phi) is 7.11. The van der Waals surface area contributed by atoms with Gasteiger partial charge in [-0.2, -0.15) is 0 Å². The second kappa shape index (κ2) is 9.63. The van der Waals surface area contributed by atoms with Crippen LogP contribution in [0.2, 0.25) is 5.02 Å². The molecule has 0 aromatic heterocycles. The third-order valence-corrected chi connectivity index (χ3v) is 7.07. The first-order valence-electron chi connectivity index (χ1n) is 9.95. The summed E-state index contributed by atoms with van der Waals surface area (Å²) in [5.41, 5.74) is 3.51. The van der Waals surface area contributed by atoms with Gasteiger partial charge in [0.25, 0.3) is 15.9 Å². The summed E-state index contributed by atoms with van der Waals surface area (Å²) in [6.45, 7) is 5.68. The minimum Gasteiger partial charge on any atom is -0.497 e. The van der Waals surface area contributed by atoms with Crippen LogP contribution in [0.15, 0.2) is 65.6 Å². The van der Waals surface area contributed by atoms with E-state index in [0.29, 0.717) is 5.69 Å². The standard InChI is InChI=1S/C24H25ClN2O4S/c1-15-5-9-20(13-16(15)2)27-32(29,30)23-14-19(8-12-22(23)25)24(28)26-17(3)18-6-10-21(31-4)11-7-18/h5-14,17,27H,1-4H3,(H,26,28)/t17-/m0/s1. The first-order valence-corrected chi connectivity index (χ1v) is 11.8. The molecule has 1 atom stereocenters. The number of anilines is 1. The Bertz CT molecular complexity index is 1240. The fourth-order valence-electron chi connectivity index (χ4n) is 3.12. The number of ether oxygens (including phenoxy) is 1. The summed E-state index contributed by atoms with van der Waals surface area (Å²) in [6, 6.07) is 16.5. The lowest BCUT2D eigenvalue weighted by atomic mass is 10.1. The number of rotatable bonds is 7. The summed E-state index contributed by atoms with van der Waals surface area (Å²) in [5, 5.41) is 2.90. The minimum atomic E-state index is -3.99. The predicted molar refractivity (Wildman–Crippen MR) is 127 cm³/mol. The second-order valence-corrected chi connectivity index (χ2v) is 9.58. The lowest BCUT2D eigenvalue weighted by Crippen LogP contribution is -2.27. The van der Waals surface area contributed by atoms with E-state index in [2.05, 4.69) is 10.0 Å². The van der Waals surface area contributed by atoms with Crippen LogP contribution < -0.4 is 14.8 Å². The summed E-state index contributed by atoms with van der Waals surface area (Å²) >= 11 is 6.18. The monoisotopic (exact) mass is 472 g/mol. The van der Waals surface area contributed by atoms with Crippen molar-refractivity contribution in [2.45, 2.75) is 31.7 Å². The van der Waals surface area contributed by atoms with Gasteiger partial charge in [0.1, 0.15) is 10.6 Å². The van der Waals surface area contributed by atoms with Crippen LogP contribution in [0.25, 0.3) is 0 Å². The van der Waals surface area contributed by atoms with E-state index in [9.17, 15) is 13.2 Å². The van der Waals surface area contributed by atoms with E-state index in [0.717, 1.165) is 22.4 Å². The maximum Gasteiger partial charge on any atom is 0.263 e. The maximum absolute atomic E-state index is 13.0. The normalized spacial score (nSPS) is 12.2. The Morgan fingerprint density at radius 1 is 0.969 bits per heavy atom. The number of sulfonamides is 1. The van der Waals surface area contributed by atoms with Gasteiger partial charge in [-0.3, -0.25) is 9.52 Å². The van der Waals surface area contributed by atoms with Crippen molar-refractivity contribution in [2.75, 3.05) is 11.8 Å². The molecular formula is C24H25ClN2O4S. The molecule has 3 rings (SSSR count). The van der Waals surface area contributed by atoms with Crippen LogP contribution in [0.4, 0.5) is 5.69 Å². The number of carbonyl (C=O) groups is 1. The van der Waals surface area contributed by atoms with E-state index in [1.54, 1.807) is 19.2 Å². The highest BCUT2D eigenvalue weighted by molar-refractivity contribution is 7.92. The van der Waals surface area contributed by atoms with Gasteiger partial charge in [-0.05, 0) is 79.9 Å². The molecule has 3 aromatic rings. The summed E-state index contributed by atoms with van der Waals surface area (Å²) in [4.78, 5) is 12.6. The van der Waals surface area contributed by atoms with Crippen molar-refractivity contribution in [3.8, 4) is 5.75 Å². The molecule has 2 N–H and O–H groups in total. The van der Waals surface area contributed by atoms with Crippen molar-refractivity contribution in [1.82, 2.24) is 5.32 Å². The van der Waals surface area contributed by atoms with Gasteiger partial charge in [0.05, 0.1) is 18.2 Å². The zero-order valence-corrected chi connectivity index (χ0v) is 19.8. The maximum atomic E-state index is 13.0. The summed E-state index contributed by atoms with van der Waals surface area (Å²) < 4.78 is 33.6. The van der Waals surface area contributed by atoms with Gasteiger partial charge >= 0.3 is 0 Å². The second-order valence-electron chi connectivity index (χ2n) is 7.52. The molecular weight excluding hydrogens is 448 g/mol. The lowest BCUT2D eigenvalue weighted by molar-refractivity contribution is 0.0939. The number of carbonyl (C=O) groups excluding carboxylic acids is 1. The van der Waals surface area contributed by atoms with Crippen molar-refractivity contribution >= 4 is 33.2 Å².